The standard InChI is InChI=1S/C33H32FN7O3.C2HF3O2/c1-3-40-21-36-17-26(40)18-41-30-15-23(33(42)43)7-9-29(30)38-31(41)19-39-13-10-22(11-14-39)27-5-4-12-37-32(27)44-20-24-6-8-25(35-2)16-28(24)34;3-2(4,5)1(6)7/h4-9,12,15-17,21-22H,3,10-11,13-14,18-20H2,1H3,(H,42,43);(H,6,7). The third kappa shape index (κ3) is 8.86. The lowest BCUT2D eigenvalue weighted by Gasteiger charge is -2.32. The number of carbonyl (C=O) groups is 2. The molecule has 2 N–H and O–H groups in total. The second-order valence-electron chi connectivity index (χ2n) is 11.7. The Labute approximate surface area is 289 Å². The van der Waals surface area contributed by atoms with Crippen LogP contribution in [0, 0.1) is 12.4 Å². The summed E-state index contributed by atoms with van der Waals surface area (Å²) in [6.45, 7) is 12.8. The fourth-order valence-electron chi connectivity index (χ4n) is 5.83. The van der Waals surface area contributed by atoms with Crippen LogP contribution in [0.4, 0.5) is 23.2 Å². The molecule has 1 saturated heterocycles. The monoisotopic (exact) mass is 707 g/mol. The summed E-state index contributed by atoms with van der Waals surface area (Å²) in [5.41, 5.74) is 4.45. The minimum absolute atomic E-state index is 0.0315. The Balaban J connectivity index is 0.000000654. The molecule has 2 aromatic carbocycles. The molecule has 6 rings (SSSR count). The number of benzene rings is 2. The minimum Gasteiger partial charge on any atom is -0.478 e. The van der Waals surface area contributed by atoms with Gasteiger partial charge in [0, 0.05) is 30.1 Å². The Morgan fingerprint density at radius 1 is 1.08 bits per heavy atom. The molecule has 0 aliphatic carbocycles. The SMILES string of the molecule is O=C(O)C(F)(F)F.[C-]#[N+]c1ccc(COc2ncccc2C2CCN(Cc3nc4ccc(C(=O)O)cc4n3Cc3cncn3CC)CC2)c(F)c1. The van der Waals surface area contributed by atoms with E-state index >= 15 is 0 Å². The molecule has 16 heteroatoms. The normalized spacial score (nSPS) is 13.7. The molecular formula is C35H33F4N7O5. The number of aromatic carboxylic acids is 1. The van der Waals surface area contributed by atoms with Gasteiger partial charge in [-0.2, -0.15) is 13.2 Å². The zero-order valence-corrected chi connectivity index (χ0v) is 27.3. The first kappa shape index (κ1) is 36.5. The van der Waals surface area contributed by atoms with Gasteiger partial charge in [0.25, 0.3) is 0 Å². The number of aromatic nitrogens is 5. The first-order chi connectivity index (χ1) is 24.4. The number of ether oxygens (including phenoxy) is 1. The highest BCUT2D eigenvalue weighted by molar-refractivity contribution is 5.92. The second-order valence-corrected chi connectivity index (χ2v) is 11.7. The van der Waals surface area contributed by atoms with Crippen molar-refractivity contribution in [3.05, 3.63) is 113 Å². The van der Waals surface area contributed by atoms with Crippen molar-refractivity contribution in [2.45, 2.75) is 58.1 Å². The van der Waals surface area contributed by atoms with E-state index in [2.05, 4.69) is 35.8 Å². The lowest BCUT2D eigenvalue weighted by Crippen LogP contribution is -2.33. The number of nitrogens with zero attached hydrogens (tertiary/aromatic N) is 7. The number of hydrogen-bond acceptors (Lipinski definition) is 7. The highest BCUT2D eigenvalue weighted by Crippen LogP contribution is 2.34. The van der Waals surface area contributed by atoms with E-state index in [0.29, 0.717) is 24.5 Å². The minimum atomic E-state index is -5.08. The Kier molecular flexibility index (Phi) is 11.3. The van der Waals surface area contributed by atoms with E-state index in [1.165, 1.54) is 6.07 Å². The molecule has 0 saturated carbocycles. The third-order valence-electron chi connectivity index (χ3n) is 8.50. The topological polar surface area (TPSA) is 140 Å². The first-order valence-corrected chi connectivity index (χ1v) is 15.9. The van der Waals surface area contributed by atoms with Gasteiger partial charge in [-0.1, -0.05) is 18.2 Å². The number of carboxylic acid groups (broad SMARTS) is 2. The van der Waals surface area contributed by atoms with Crippen LogP contribution < -0.4 is 4.74 Å². The lowest BCUT2D eigenvalue weighted by atomic mass is 9.90. The highest BCUT2D eigenvalue weighted by Gasteiger charge is 2.38. The van der Waals surface area contributed by atoms with Gasteiger partial charge in [0.05, 0.1) is 48.3 Å². The van der Waals surface area contributed by atoms with Crippen molar-refractivity contribution in [2.75, 3.05) is 13.1 Å². The Hall–Kier alpha value is -5.82. The molecule has 0 atom stereocenters. The molecule has 0 radical (unpaired) electrons. The molecule has 4 heterocycles. The number of imidazole rings is 2. The number of likely N-dealkylation sites (tertiary alicyclic amines) is 1. The summed E-state index contributed by atoms with van der Waals surface area (Å²) >= 11 is 0. The van der Waals surface area contributed by atoms with E-state index in [1.807, 2.05) is 18.3 Å². The molecular weight excluding hydrogens is 674 g/mol. The van der Waals surface area contributed by atoms with Crippen molar-refractivity contribution < 1.29 is 42.1 Å². The molecule has 1 fully saturated rings. The van der Waals surface area contributed by atoms with E-state index < -0.39 is 23.9 Å². The summed E-state index contributed by atoms with van der Waals surface area (Å²) in [6, 6.07) is 13.4. The molecule has 3 aromatic heterocycles. The van der Waals surface area contributed by atoms with Crippen LogP contribution in [-0.4, -0.2) is 70.4 Å². The molecule has 0 amide bonds. The van der Waals surface area contributed by atoms with Gasteiger partial charge in [-0.3, -0.25) is 4.90 Å². The fourth-order valence-corrected chi connectivity index (χ4v) is 5.83. The van der Waals surface area contributed by atoms with E-state index in [1.54, 1.807) is 42.9 Å². The van der Waals surface area contributed by atoms with Crippen LogP contribution in [0.5, 0.6) is 5.88 Å². The predicted molar refractivity (Wildman–Crippen MR) is 176 cm³/mol. The van der Waals surface area contributed by atoms with Crippen molar-refractivity contribution in [1.29, 1.82) is 0 Å². The number of alkyl halides is 3. The number of rotatable bonds is 10. The Morgan fingerprint density at radius 3 is 2.47 bits per heavy atom. The van der Waals surface area contributed by atoms with Crippen LogP contribution >= 0.6 is 0 Å². The van der Waals surface area contributed by atoms with Crippen LogP contribution in [0.15, 0.2) is 67.3 Å². The number of aliphatic carboxylic acids is 1. The van der Waals surface area contributed by atoms with E-state index in [4.69, 9.17) is 26.2 Å². The summed E-state index contributed by atoms with van der Waals surface area (Å²) in [6.07, 6.45) is 2.03. The molecule has 1 aliphatic rings. The largest absolute Gasteiger partial charge is 0.490 e. The zero-order valence-electron chi connectivity index (χ0n) is 27.3. The van der Waals surface area contributed by atoms with Gasteiger partial charge in [-0.25, -0.2) is 33.8 Å². The van der Waals surface area contributed by atoms with Gasteiger partial charge < -0.3 is 24.1 Å². The average molecular weight is 708 g/mol. The van der Waals surface area contributed by atoms with E-state index in [9.17, 15) is 27.5 Å². The van der Waals surface area contributed by atoms with Gasteiger partial charge in [0.2, 0.25) is 5.88 Å². The first-order valence-electron chi connectivity index (χ1n) is 15.9. The number of aryl methyl sites for hydroxylation is 1. The summed E-state index contributed by atoms with van der Waals surface area (Å²) in [5.74, 6) is -2.57. The third-order valence-corrected chi connectivity index (χ3v) is 8.50. The van der Waals surface area contributed by atoms with Crippen LogP contribution in [0.2, 0.25) is 0 Å². The smallest absolute Gasteiger partial charge is 0.478 e. The number of hydrogen-bond donors (Lipinski definition) is 2. The molecule has 12 nitrogen and oxygen atoms in total. The number of fused-ring (bicyclic) bond motifs is 1. The number of halogens is 4. The molecule has 5 aromatic rings. The van der Waals surface area contributed by atoms with Crippen LogP contribution in [0.25, 0.3) is 15.9 Å². The van der Waals surface area contributed by atoms with Crippen LogP contribution in [-0.2, 0) is 31.0 Å². The van der Waals surface area contributed by atoms with Gasteiger partial charge in [-0.15, -0.1) is 0 Å². The van der Waals surface area contributed by atoms with Crippen LogP contribution in [0.3, 0.4) is 0 Å². The maximum Gasteiger partial charge on any atom is 0.490 e. The summed E-state index contributed by atoms with van der Waals surface area (Å²) < 4.78 is 56.3. The van der Waals surface area contributed by atoms with Gasteiger partial charge >= 0.3 is 18.1 Å². The van der Waals surface area contributed by atoms with Crippen molar-refractivity contribution in [1.82, 2.24) is 29.0 Å². The lowest BCUT2D eigenvalue weighted by molar-refractivity contribution is -0.192. The van der Waals surface area contributed by atoms with Crippen molar-refractivity contribution in [2.24, 2.45) is 0 Å². The zero-order chi connectivity index (χ0) is 36.7. The molecule has 51 heavy (non-hydrogen) atoms. The summed E-state index contributed by atoms with van der Waals surface area (Å²) in [5, 5.41) is 16.7. The quantitative estimate of drug-likeness (QED) is 0.120. The molecule has 1 aliphatic heterocycles. The fraction of sp³-hybridized carbons (Fsp3) is 0.314. The predicted octanol–water partition coefficient (Wildman–Crippen LogP) is 6.68. The van der Waals surface area contributed by atoms with Gasteiger partial charge in [0.15, 0.2) is 5.69 Å². The molecule has 0 unspecified atom stereocenters. The maximum absolute atomic E-state index is 14.4. The van der Waals surface area contributed by atoms with Gasteiger partial charge in [0.1, 0.15) is 18.2 Å². The highest BCUT2D eigenvalue weighted by atomic mass is 19.4. The van der Waals surface area contributed by atoms with E-state index in [0.717, 1.165) is 60.6 Å². The average Bonchev–Trinajstić information content (AvgIpc) is 3.71. The number of piperidine rings is 1. The second kappa shape index (κ2) is 15.8. The summed E-state index contributed by atoms with van der Waals surface area (Å²) in [4.78, 5) is 40.0. The van der Waals surface area contributed by atoms with E-state index in [-0.39, 0.29) is 23.8 Å². The molecule has 0 spiro atoms. The number of carboxylic acids is 2. The van der Waals surface area contributed by atoms with Crippen molar-refractivity contribution in [3.8, 4) is 5.88 Å². The summed E-state index contributed by atoms with van der Waals surface area (Å²) in [7, 11) is 0. The number of pyridine rings is 1. The molecule has 0 bridgehead atoms. The molecule has 266 valence electrons. The van der Waals surface area contributed by atoms with Gasteiger partial charge in [-0.05, 0) is 69.1 Å². The maximum atomic E-state index is 14.4. The van der Waals surface area contributed by atoms with Crippen molar-refractivity contribution >= 4 is 28.7 Å². The Bertz CT molecular complexity index is 2060. The van der Waals surface area contributed by atoms with Crippen molar-refractivity contribution in [3.63, 3.8) is 0 Å². The van der Waals surface area contributed by atoms with Crippen LogP contribution in [0.1, 0.15) is 58.7 Å². The Morgan fingerprint density at radius 2 is 1.82 bits per heavy atom.